The molecule has 1 atom stereocenters. The second-order valence-corrected chi connectivity index (χ2v) is 4.00. The fraction of sp³-hybridized carbons (Fsp3) is 1.00. The maximum absolute atomic E-state index is 6.03. The minimum Gasteiger partial charge on any atom is -0.325 e. The van der Waals surface area contributed by atoms with Crippen molar-refractivity contribution in [3.63, 3.8) is 0 Å². The summed E-state index contributed by atoms with van der Waals surface area (Å²) >= 11 is 0. The molecule has 62 valence electrons. The van der Waals surface area contributed by atoms with Crippen molar-refractivity contribution in [1.82, 2.24) is 0 Å². The van der Waals surface area contributed by atoms with Crippen molar-refractivity contribution in [2.75, 3.05) is 0 Å². The molecule has 0 aromatic heterocycles. The van der Waals surface area contributed by atoms with Gasteiger partial charge in [-0.25, -0.2) is 0 Å². The van der Waals surface area contributed by atoms with Crippen molar-refractivity contribution in [2.45, 2.75) is 52.5 Å². The van der Waals surface area contributed by atoms with E-state index in [0.717, 1.165) is 18.8 Å². The smallest absolute Gasteiger partial charge is 0.0128 e. The molecule has 0 aromatic rings. The highest BCUT2D eigenvalue weighted by Gasteiger charge is 2.17. The van der Waals surface area contributed by atoms with Gasteiger partial charge in [-0.05, 0) is 25.7 Å². The van der Waals surface area contributed by atoms with Gasteiger partial charge in [0.25, 0.3) is 0 Å². The van der Waals surface area contributed by atoms with Gasteiger partial charge in [-0.15, -0.1) is 0 Å². The Bertz CT molecular complexity index is 84.7. The largest absolute Gasteiger partial charge is 0.325 e. The topological polar surface area (TPSA) is 26.0 Å². The summed E-state index contributed by atoms with van der Waals surface area (Å²) in [7, 11) is 0. The van der Waals surface area contributed by atoms with Crippen LogP contribution in [0.2, 0.25) is 0 Å². The van der Waals surface area contributed by atoms with Crippen LogP contribution in [0.4, 0.5) is 0 Å². The molecule has 10 heavy (non-hydrogen) atoms. The summed E-state index contributed by atoms with van der Waals surface area (Å²) in [5.74, 6) is 0.724. The number of nitrogens with two attached hydrogens (primary N) is 1. The third-order valence-corrected chi connectivity index (χ3v) is 1.70. The lowest BCUT2D eigenvalue weighted by Gasteiger charge is -2.25. The van der Waals surface area contributed by atoms with Gasteiger partial charge in [0.2, 0.25) is 0 Å². The van der Waals surface area contributed by atoms with Crippen LogP contribution in [0.5, 0.6) is 0 Å². The van der Waals surface area contributed by atoms with Gasteiger partial charge < -0.3 is 5.73 Å². The van der Waals surface area contributed by atoms with Crippen molar-refractivity contribution >= 4 is 0 Å². The van der Waals surface area contributed by atoms with Crippen molar-refractivity contribution in [2.24, 2.45) is 11.7 Å². The van der Waals surface area contributed by atoms with Crippen molar-refractivity contribution in [1.29, 1.82) is 0 Å². The van der Waals surface area contributed by atoms with E-state index in [2.05, 4.69) is 27.7 Å². The Morgan fingerprint density at radius 2 is 1.90 bits per heavy atom. The van der Waals surface area contributed by atoms with Gasteiger partial charge in [-0.2, -0.15) is 0 Å². The van der Waals surface area contributed by atoms with E-state index in [9.17, 15) is 0 Å². The fourth-order valence-corrected chi connectivity index (χ4v) is 1.61. The van der Waals surface area contributed by atoms with Crippen LogP contribution in [0.1, 0.15) is 47.0 Å². The molecule has 0 amide bonds. The lowest BCUT2D eigenvalue weighted by atomic mass is 9.88. The van der Waals surface area contributed by atoms with Crippen molar-refractivity contribution in [3.8, 4) is 0 Å². The van der Waals surface area contributed by atoms with E-state index in [1.54, 1.807) is 0 Å². The molecule has 0 radical (unpaired) electrons. The zero-order chi connectivity index (χ0) is 8.20. The molecular formula is C9H21N. The van der Waals surface area contributed by atoms with E-state index in [1.807, 2.05) is 0 Å². The number of rotatable bonds is 4. The van der Waals surface area contributed by atoms with Crippen LogP contribution in [0.15, 0.2) is 0 Å². The molecule has 0 bridgehead atoms. The molecule has 0 aliphatic carbocycles. The molecule has 0 saturated carbocycles. The monoisotopic (exact) mass is 143 g/mol. The Morgan fingerprint density at radius 1 is 1.40 bits per heavy atom. The third kappa shape index (κ3) is 4.80. The first kappa shape index (κ1) is 9.96. The molecular weight excluding hydrogens is 122 g/mol. The van der Waals surface area contributed by atoms with Crippen molar-refractivity contribution < 1.29 is 0 Å². The normalized spacial score (nSPS) is 17.4. The van der Waals surface area contributed by atoms with Gasteiger partial charge >= 0.3 is 0 Å². The van der Waals surface area contributed by atoms with E-state index in [-0.39, 0.29) is 5.54 Å². The highest BCUT2D eigenvalue weighted by Crippen LogP contribution is 2.18. The zero-order valence-corrected chi connectivity index (χ0v) is 7.78. The minimum atomic E-state index is 0.0723. The summed E-state index contributed by atoms with van der Waals surface area (Å²) in [6, 6.07) is 0. The minimum absolute atomic E-state index is 0.0723. The van der Waals surface area contributed by atoms with Crippen LogP contribution in [-0.4, -0.2) is 5.54 Å². The van der Waals surface area contributed by atoms with Crippen LogP contribution < -0.4 is 5.73 Å². The molecule has 0 fully saturated rings. The molecule has 1 heteroatoms. The summed E-state index contributed by atoms with van der Waals surface area (Å²) in [6.45, 7) is 8.78. The molecule has 0 aromatic carbocycles. The zero-order valence-electron chi connectivity index (χ0n) is 7.78. The Balaban J connectivity index is 3.63. The molecule has 0 aliphatic rings. The van der Waals surface area contributed by atoms with Crippen LogP contribution in [0, 0.1) is 5.92 Å². The quantitative estimate of drug-likeness (QED) is 0.643. The SMILES string of the molecule is CCC[C@@](C)(N)CC(C)C. The average molecular weight is 143 g/mol. The van der Waals surface area contributed by atoms with Gasteiger partial charge in [-0.1, -0.05) is 27.2 Å². The fourth-order valence-electron chi connectivity index (χ4n) is 1.61. The molecule has 0 unspecified atom stereocenters. The summed E-state index contributed by atoms with van der Waals surface area (Å²) < 4.78 is 0. The Kier molecular flexibility index (Phi) is 3.95. The van der Waals surface area contributed by atoms with Gasteiger partial charge in [0.15, 0.2) is 0 Å². The summed E-state index contributed by atoms with van der Waals surface area (Å²) in [4.78, 5) is 0. The third-order valence-electron chi connectivity index (χ3n) is 1.70. The maximum atomic E-state index is 6.03. The molecule has 1 nitrogen and oxygen atoms in total. The van der Waals surface area contributed by atoms with E-state index < -0.39 is 0 Å². The average Bonchev–Trinajstić information content (AvgIpc) is 1.59. The number of hydrogen-bond acceptors (Lipinski definition) is 1. The molecule has 0 saturated heterocycles. The lowest BCUT2D eigenvalue weighted by molar-refractivity contribution is 0.344. The van der Waals surface area contributed by atoms with Gasteiger partial charge in [0.1, 0.15) is 0 Å². The van der Waals surface area contributed by atoms with Crippen molar-refractivity contribution in [3.05, 3.63) is 0 Å². The summed E-state index contributed by atoms with van der Waals surface area (Å²) in [6.07, 6.45) is 3.48. The Morgan fingerprint density at radius 3 is 2.20 bits per heavy atom. The maximum Gasteiger partial charge on any atom is 0.0128 e. The van der Waals surface area contributed by atoms with Crippen LogP contribution in [0.3, 0.4) is 0 Å². The van der Waals surface area contributed by atoms with Gasteiger partial charge in [-0.3, -0.25) is 0 Å². The van der Waals surface area contributed by atoms with E-state index in [4.69, 9.17) is 5.73 Å². The Hall–Kier alpha value is -0.0400. The highest BCUT2D eigenvalue weighted by molar-refractivity contribution is 4.78. The first-order valence-electron chi connectivity index (χ1n) is 4.27. The molecule has 0 spiro atoms. The first-order chi connectivity index (χ1) is 4.48. The second kappa shape index (κ2) is 3.97. The predicted molar refractivity (Wildman–Crippen MR) is 47.0 cm³/mol. The van der Waals surface area contributed by atoms with Crippen LogP contribution in [0.25, 0.3) is 0 Å². The van der Waals surface area contributed by atoms with Crippen LogP contribution in [-0.2, 0) is 0 Å². The lowest BCUT2D eigenvalue weighted by Crippen LogP contribution is -2.37. The van der Waals surface area contributed by atoms with Gasteiger partial charge in [0, 0.05) is 5.54 Å². The van der Waals surface area contributed by atoms with Crippen LogP contribution >= 0.6 is 0 Å². The highest BCUT2D eigenvalue weighted by atomic mass is 14.7. The predicted octanol–water partition coefficient (Wildman–Crippen LogP) is 2.55. The standard InChI is InChI=1S/C9H21N/c1-5-6-9(4,10)7-8(2)3/h8H,5-7,10H2,1-4H3/t9-/m1/s1. The van der Waals surface area contributed by atoms with E-state index in [0.29, 0.717) is 0 Å². The Labute approximate surface area is 65.0 Å². The molecule has 0 rings (SSSR count). The number of hydrogen-bond donors (Lipinski definition) is 1. The van der Waals surface area contributed by atoms with Gasteiger partial charge in [0.05, 0.1) is 0 Å². The van der Waals surface area contributed by atoms with E-state index in [1.165, 1.54) is 6.42 Å². The van der Waals surface area contributed by atoms with E-state index >= 15 is 0 Å². The second-order valence-electron chi connectivity index (χ2n) is 4.00. The molecule has 2 N–H and O–H groups in total. The molecule has 0 heterocycles. The summed E-state index contributed by atoms with van der Waals surface area (Å²) in [5.41, 5.74) is 6.10. The molecule has 0 aliphatic heterocycles. The first-order valence-corrected chi connectivity index (χ1v) is 4.27. The summed E-state index contributed by atoms with van der Waals surface area (Å²) in [5, 5.41) is 0.